The molecule has 7 fully saturated rings. The van der Waals surface area contributed by atoms with Crippen LogP contribution >= 0.6 is 0 Å². The molecule has 53 heavy (non-hydrogen) atoms. The van der Waals surface area contributed by atoms with Gasteiger partial charge in [0.05, 0.1) is 11.8 Å². The van der Waals surface area contributed by atoms with Gasteiger partial charge in [-0.25, -0.2) is 0 Å². The van der Waals surface area contributed by atoms with E-state index in [1.807, 2.05) is 0 Å². The fourth-order valence-corrected chi connectivity index (χ4v) is 14.6. The number of carboxylic acid groups (broad SMARTS) is 1. The zero-order chi connectivity index (χ0) is 38.5. The molecule has 0 radical (unpaired) electrons. The van der Waals surface area contributed by atoms with Gasteiger partial charge in [-0.3, -0.25) is 19.2 Å². The normalized spacial score (nSPS) is 43.1. The molecule has 2 amide bonds. The number of nitrogens with zero attached hydrogens (tertiary/aromatic N) is 1. The Bertz CT molecular complexity index is 1530. The molecule has 0 bridgehead atoms. The van der Waals surface area contributed by atoms with E-state index < -0.39 is 17.4 Å². The van der Waals surface area contributed by atoms with Crippen molar-refractivity contribution < 1.29 is 29.0 Å². The van der Waals surface area contributed by atoms with Crippen molar-refractivity contribution in [2.24, 2.45) is 68.0 Å². The van der Waals surface area contributed by atoms with Gasteiger partial charge in [0.2, 0.25) is 11.8 Å². The zero-order valence-corrected chi connectivity index (χ0v) is 34.3. The predicted octanol–water partition coefficient (Wildman–Crippen LogP) is 8.57. The summed E-state index contributed by atoms with van der Waals surface area (Å²) in [6, 6.07) is 0.0876. The Morgan fingerprint density at radius 3 is 2.23 bits per heavy atom. The minimum absolute atomic E-state index is 0.0175. The number of fused-ring (bicyclic) bond motifs is 7. The van der Waals surface area contributed by atoms with Gasteiger partial charge >= 0.3 is 11.9 Å². The quantitative estimate of drug-likeness (QED) is 0.181. The third-order valence-corrected chi connectivity index (χ3v) is 18.0. The monoisotopic (exact) mass is 735 g/mol. The van der Waals surface area contributed by atoms with E-state index in [2.05, 4.69) is 58.3 Å². The van der Waals surface area contributed by atoms with Crippen molar-refractivity contribution in [1.82, 2.24) is 10.2 Å². The number of allylic oxidation sites excluding steroid dienone is 1. The van der Waals surface area contributed by atoms with E-state index in [0.717, 1.165) is 64.3 Å². The number of carbonyl (C=O) groups is 4. The highest BCUT2D eigenvalue weighted by Crippen LogP contribution is 2.78. The smallest absolute Gasteiger partial charge is 0.309 e. The molecule has 6 saturated carbocycles. The van der Waals surface area contributed by atoms with E-state index in [1.165, 1.54) is 31.3 Å². The summed E-state index contributed by atoms with van der Waals surface area (Å²) in [5.74, 6) is 1.77. The predicted molar refractivity (Wildman–Crippen MR) is 205 cm³/mol. The van der Waals surface area contributed by atoms with Gasteiger partial charge in [-0.15, -0.1) is 0 Å². The van der Waals surface area contributed by atoms with E-state index in [9.17, 15) is 24.3 Å². The van der Waals surface area contributed by atoms with Crippen molar-refractivity contribution in [1.29, 1.82) is 0 Å². The highest BCUT2D eigenvalue weighted by atomic mass is 16.5. The van der Waals surface area contributed by atoms with Crippen LogP contribution in [0, 0.1) is 68.0 Å². The first-order valence-electron chi connectivity index (χ1n) is 21.3. The van der Waals surface area contributed by atoms with Crippen molar-refractivity contribution in [3.63, 3.8) is 0 Å². The van der Waals surface area contributed by atoms with Gasteiger partial charge in [-0.2, -0.15) is 0 Å². The summed E-state index contributed by atoms with van der Waals surface area (Å²) in [4.78, 5) is 53.6. The Morgan fingerprint density at radius 2 is 1.57 bits per heavy atom. The average molecular weight is 735 g/mol. The van der Waals surface area contributed by atoms with Crippen LogP contribution in [0.1, 0.15) is 152 Å². The number of aliphatic carboxylic acids is 1. The first-order valence-corrected chi connectivity index (χ1v) is 21.3. The molecule has 0 aromatic heterocycles. The average Bonchev–Trinajstić information content (AvgIpc) is 3.70. The molecule has 0 spiro atoms. The maximum atomic E-state index is 14.2. The lowest BCUT2D eigenvalue weighted by Crippen LogP contribution is -2.67. The van der Waals surface area contributed by atoms with Crippen molar-refractivity contribution in [2.45, 2.75) is 164 Å². The molecule has 0 aromatic rings. The standard InChI is InChI=1S/C45H70N2O6/c1-27(2)30-14-20-45(24-35(48)47-23-17-29(26-47)46-38(50)28-10-11-28)22-21-43(8)31(37(30)45)12-13-33-42(7)18-16-34(53-36(49)25-40(3,4)39(51)52)41(5,6)32(42)15-19-44(33,43)9/h28-34,37H,1,10-26H2,2-9H3,(H,46,50)(H,51,52)/t29-,30-,31+,32-,33+,34-,37+,42-,43+,44+,45+/m0/s1. The number of carbonyl (C=O) groups excluding carboxylic acids is 3. The summed E-state index contributed by atoms with van der Waals surface area (Å²) >= 11 is 0. The Hall–Kier alpha value is -2.38. The molecule has 7 rings (SSSR count). The van der Waals surface area contributed by atoms with Crippen molar-refractivity contribution in [3.05, 3.63) is 12.2 Å². The fraction of sp³-hybridized carbons (Fsp3) is 0.867. The molecular weight excluding hydrogens is 665 g/mol. The minimum Gasteiger partial charge on any atom is -0.481 e. The fourth-order valence-electron chi connectivity index (χ4n) is 14.6. The second-order valence-electron chi connectivity index (χ2n) is 21.5. The highest BCUT2D eigenvalue weighted by Gasteiger charge is 2.71. The van der Waals surface area contributed by atoms with Gasteiger partial charge in [-0.1, -0.05) is 46.8 Å². The molecule has 1 aliphatic heterocycles. The maximum Gasteiger partial charge on any atom is 0.309 e. The van der Waals surface area contributed by atoms with E-state index in [1.54, 1.807) is 13.8 Å². The van der Waals surface area contributed by atoms with Crippen LogP contribution in [0.25, 0.3) is 0 Å². The molecule has 2 N–H and O–H groups in total. The summed E-state index contributed by atoms with van der Waals surface area (Å²) < 4.78 is 6.19. The van der Waals surface area contributed by atoms with Gasteiger partial charge in [0.1, 0.15) is 6.10 Å². The molecule has 0 aromatic carbocycles. The number of ether oxygens (including phenoxy) is 1. The SMILES string of the molecule is C=C(C)[C@@H]1CC[C@]2(CC(=O)N3CC[C@H](NC(=O)C4CC4)C3)CC[C@]3(C)[C@H](CC[C@@H]4[C@@]5(C)CC[C@H](OC(=O)CC(C)(C)C(=O)O)C(C)(C)[C@@H]5CC[C@]43C)[C@@H]12. The van der Waals surface area contributed by atoms with Gasteiger partial charge in [0.25, 0.3) is 0 Å². The van der Waals surface area contributed by atoms with Gasteiger partial charge in [-0.05, 0) is 155 Å². The molecule has 1 heterocycles. The second-order valence-corrected chi connectivity index (χ2v) is 21.5. The van der Waals surface area contributed by atoms with Crippen LogP contribution in [0.2, 0.25) is 0 Å². The third kappa shape index (κ3) is 6.21. The Labute approximate surface area is 319 Å². The lowest BCUT2D eigenvalue weighted by molar-refractivity contribution is -0.250. The van der Waals surface area contributed by atoms with E-state index in [0.29, 0.717) is 48.5 Å². The molecule has 1 saturated heterocycles. The molecule has 11 atom stereocenters. The molecule has 296 valence electrons. The summed E-state index contributed by atoms with van der Waals surface area (Å²) in [5, 5.41) is 12.9. The van der Waals surface area contributed by atoms with Gasteiger partial charge in [0, 0.05) is 36.9 Å². The number of esters is 1. The van der Waals surface area contributed by atoms with Gasteiger partial charge in [0.15, 0.2) is 0 Å². The summed E-state index contributed by atoms with van der Waals surface area (Å²) in [7, 11) is 0. The Kier molecular flexibility index (Phi) is 9.61. The van der Waals surface area contributed by atoms with Crippen LogP contribution in [-0.4, -0.2) is 59.0 Å². The lowest BCUT2D eigenvalue weighted by Gasteiger charge is -2.73. The highest BCUT2D eigenvalue weighted by molar-refractivity contribution is 5.82. The number of carboxylic acids is 1. The molecule has 6 aliphatic carbocycles. The van der Waals surface area contributed by atoms with Crippen molar-refractivity contribution in [3.8, 4) is 0 Å². The van der Waals surface area contributed by atoms with E-state index in [-0.39, 0.29) is 57.5 Å². The number of rotatable bonds is 9. The molecule has 8 heteroatoms. The number of hydrogen-bond acceptors (Lipinski definition) is 5. The largest absolute Gasteiger partial charge is 0.481 e. The van der Waals surface area contributed by atoms with Crippen LogP contribution < -0.4 is 5.32 Å². The first kappa shape index (κ1) is 38.9. The van der Waals surface area contributed by atoms with Crippen LogP contribution in [0.5, 0.6) is 0 Å². The van der Waals surface area contributed by atoms with Crippen LogP contribution in [0.3, 0.4) is 0 Å². The van der Waals surface area contributed by atoms with Crippen LogP contribution in [0.15, 0.2) is 12.2 Å². The second kappa shape index (κ2) is 13.1. The molecule has 0 unspecified atom stereocenters. The van der Waals surface area contributed by atoms with Crippen molar-refractivity contribution >= 4 is 23.8 Å². The molecule has 7 aliphatic rings. The summed E-state index contributed by atoms with van der Waals surface area (Å²) in [6.07, 6.45) is 14.2. The summed E-state index contributed by atoms with van der Waals surface area (Å²) in [5.41, 5.74) is 0.425. The minimum atomic E-state index is -1.15. The Morgan fingerprint density at radius 1 is 0.849 bits per heavy atom. The summed E-state index contributed by atoms with van der Waals surface area (Å²) in [6.45, 7) is 23.8. The van der Waals surface area contributed by atoms with Crippen LogP contribution in [-0.2, 0) is 23.9 Å². The first-order chi connectivity index (χ1) is 24.7. The van der Waals surface area contributed by atoms with E-state index in [4.69, 9.17) is 4.74 Å². The molecular formula is C45H70N2O6. The number of likely N-dealkylation sites (tertiary alicyclic amines) is 1. The van der Waals surface area contributed by atoms with Crippen molar-refractivity contribution in [2.75, 3.05) is 13.1 Å². The topological polar surface area (TPSA) is 113 Å². The number of hydrogen-bond donors (Lipinski definition) is 2. The maximum absolute atomic E-state index is 14.2. The van der Waals surface area contributed by atoms with Gasteiger partial charge < -0.3 is 20.1 Å². The number of amides is 2. The Balaban J connectivity index is 1.09. The van der Waals surface area contributed by atoms with E-state index >= 15 is 0 Å². The lowest BCUT2D eigenvalue weighted by atomic mass is 9.32. The zero-order valence-electron chi connectivity index (χ0n) is 34.3. The third-order valence-electron chi connectivity index (χ3n) is 18.0. The number of nitrogens with one attached hydrogen (secondary N) is 1. The van der Waals surface area contributed by atoms with Crippen LogP contribution in [0.4, 0.5) is 0 Å². The molecule has 8 nitrogen and oxygen atoms in total.